The molecule has 8 nitrogen and oxygen atoms in total. The van der Waals surface area contributed by atoms with Gasteiger partial charge in [0, 0.05) is 12.5 Å². The second-order valence-electron chi connectivity index (χ2n) is 8.72. The highest BCUT2D eigenvalue weighted by molar-refractivity contribution is 7.91. The van der Waals surface area contributed by atoms with Gasteiger partial charge in [-0.1, -0.05) is 23.4 Å². The van der Waals surface area contributed by atoms with Crippen LogP contribution in [0.5, 0.6) is 5.75 Å². The SMILES string of the molecule is COc1ccc(S(=O)(=O)c2ccccc2CN(O)NC(=O)C[C@H]2CC[C@H](N(C)C)CC2)cc1.Cl. The molecule has 1 amide bonds. The van der Waals surface area contributed by atoms with Gasteiger partial charge in [0.15, 0.2) is 0 Å². The van der Waals surface area contributed by atoms with E-state index in [1.165, 1.54) is 25.3 Å². The van der Waals surface area contributed by atoms with Crippen molar-refractivity contribution in [1.29, 1.82) is 0 Å². The number of hydrazine groups is 1. The minimum Gasteiger partial charge on any atom is -0.497 e. The second kappa shape index (κ2) is 12.5. The molecule has 0 radical (unpaired) electrons. The van der Waals surface area contributed by atoms with E-state index >= 15 is 0 Å². The molecule has 3 rings (SSSR count). The Morgan fingerprint density at radius 1 is 1.06 bits per heavy atom. The van der Waals surface area contributed by atoms with E-state index in [9.17, 15) is 18.4 Å². The summed E-state index contributed by atoms with van der Waals surface area (Å²) in [5.41, 5.74) is 2.85. The number of carbonyl (C=O) groups is 1. The first-order chi connectivity index (χ1) is 15.7. The zero-order valence-electron chi connectivity index (χ0n) is 19.8. The fourth-order valence-electron chi connectivity index (χ4n) is 4.30. The molecule has 0 aromatic heterocycles. The van der Waals surface area contributed by atoms with Crippen molar-refractivity contribution in [2.24, 2.45) is 5.92 Å². The van der Waals surface area contributed by atoms with Crippen LogP contribution in [0.1, 0.15) is 37.7 Å². The lowest BCUT2D eigenvalue weighted by Crippen LogP contribution is -2.41. The molecule has 1 aliphatic rings. The molecule has 1 aliphatic carbocycles. The summed E-state index contributed by atoms with van der Waals surface area (Å²) in [6.45, 7) is -0.162. The number of hydrogen-bond acceptors (Lipinski definition) is 7. The van der Waals surface area contributed by atoms with E-state index in [0.29, 0.717) is 28.9 Å². The van der Waals surface area contributed by atoms with E-state index < -0.39 is 9.84 Å². The molecule has 2 aromatic rings. The Labute approximate surface area is 208 Å². The molecule has 188 valence electrons. The molecule has 10 heteroatoms. The van der Waals surface area contributed by atoms with Gasteiger partial charge in [0.25, 0.3) is 0 Å². The largest absolute Gasteiger partial charge is 0.497 e. The van der Waals surface area contributed by atoms with Gasteiger partial charge in [0.1, 0.15) is 5.75 Å². The Morgan fingerprint density at radius 3 is 2.26 bits per heavy atom. The van der Waals surface area contributed by atoms with Gasteiger partial charge in [-0.15, -0.1) is 12.4 Å². The number of rotatable bonds is 9. The summed E-state index contributed by atoms with van der Waals surface area (Å²) in [7, 11) is 1.85. The first-order valence-electron chi connectivity index (χ1n) is 11.1. The fourth-order valence-corrected chi connectivity index (χ4v) is 5.78. The van der Waals surface area contributed by atoms with Crippen molar-refractivity contribution in [3.8, 4) is 5.75 Å². The van der Waals surface area contributed by atoms with E-state index in [1.807, 2.05) is 0 Å². The van der Waals surface area contributed by atoms with Crippen molar-refractivity contribution in [1.82, 2.24) is 15.5 Å². The number of ether oxygens (including phenoxy) is 1. The average molecular weight is 512 g/mol. The molecule has 0 bridgehead atoms. The van der Waals surface area contributed by atoms with Gasteiger partial charge < -0.3 is 9.64 Å². The zero-order valence-corrected chi connectivity index (χ0v) is 21.4. The highest BCUT2D eigenvalue weighted by Gasteiger charge is 2.25. The first-order valence-corrected chi connectivity index (χ1v) is 12.6. The number of hydroxylamine groups is 1. The van der Waals surface area contributed by atoms with Crippen LogP contribution in [-0.4, -0.2) is 56.9 Å². The number of benzene rings is 2. The van der Waals surface area contributed by atoms with Gasteiger partial charge in [-0.25, -0.2) is 8.42 Å². The number of carbonyl (C=O) groups excluding carboxylic acids is 1. The topological polar surface area (TPSA) is 99.2 Å². The van der Waals surface area contributed by atoms with Crippen molar-refractivity contribution < 1.29 is 23.2 Å². The number of sulfone groups is 1. The third kappa shape index (κ3) is 7.16. The van der Waals surface area contributed by atoms with E-state index in [-0.39, 0.29) is 40.6 Å². The first kappa shape index (κ1) is 28.1. The maximum Gasteiger partial charge on any atom is 0.236 e. The molecule has 0 spiro atoms. The molecule has 0 saturated heterocycles. The summed E-state index contributed by atoms with van der Waals surface area (Å²) in [5.74, 6) is 0.570. The summed E-state index contributed by atoms with van der Waals surface area (Å²) in [6.07, 6.45) is 4.41. The fraction of sp³-hybridized carbons (Fsp3) is 0.458. The van der Waals surface area contributed by atoms with Crippen LogP contribution in [0.15, 0.2) is 58.3 Å². The molecule has 2 N–H and O–H groups in total. The van der Waals surface area contributed by atoms with Gasteiger partial charge in [0.2, 0.25) is 15.7 Å². The smallest absolute Gasteiger partial charge is 0.236 e. The summed E-state index contributed by atoms with van der Waals surface area (Å²) < 4.78 is 31.4. The highest BCUT2D eigenvalue weighted by atomic mass is 35.5. The predicted octanol–water partition coefficient (Wildman–Crippen LogP) is 3.68. The molecule has 0 heterocycles. The van der Waals surface area contributed by atoms with Crippen LogP contribution in [0.2, 0.25) is 0 Å². The van der Waals surface area contributed by atoms with Crippen molar-refractivity contribution in [3.63, 3.8) is 0 Å². The second-order valence-corrected chi connectivity index (χ2v) is 10.6. The summed E-state index contributed by atoms with van der Waals surface area (Å²) in [6, 6.07) is 13.1. The highest BCUT2D eigenvalue weighted by Crippen LogP contribution is 2.29. The Balaban J connectivity index is 0.00000408. The predicted molar refractivity (Wildman–Crippen MR) is 132 cm³/mol. The maximum absolute atomic E-state index is 13.2. The van der Waals surface area contributed by atoms with Crippen LogP contribution in [0.3, 0.4) is 0 Å². The van der Waals surface area contributed by atoms with Crippen molar-refractivity contribution in [3.05, 3.63) is 54.1 Å². The van der Waals surface area contributed by atoms with Crippen LogP contribution in [0, 0.1) is 5.92 Å². The minimum atomic E-state index is -3.81. The van der Waals surface area contributed by atoms with E-state index in [4.69, 9.17) is 4.74 Å². The van der Waals surface area contributed by atoms with Gasteiger partial charge >= 0.3 is 0 Å². The van der Waals surface area contributed by atoms with Gasteiger partial charge in [-0.3, -0.25) is 15.4 Å². The third-order valence-corrected chi connectivity index (χ3v) is 8.10. The lowest BCUT2D eigenvalue weighted by Gasteiger charge is -2.32. The van der Waals surface area contributed by atoms with Crippen molar-refractivity contribution in [2.45, 2.75) is 54.5 Å². The lowest BCUT2D eigenvalue weighted by molar-refractivity contribution is -0.166. The molecular formula is C24H34ClN3O5S. The summed E-state index contributed by atoms with van der Waals surface area (Å²) >= 11 is 0. The quantitative estimate of drug-likeness (QED) is 0.495. The molecule has 1 fully saturated rings. The van der Waals surface area contributed by atoms with E-state index in [2.05, 4.69) is 24.4 Å². The summed E-state index contributed by atoms with van der Waals surface area (Å²) in [5, 5.41) is 11.0. The molecule has 0 unspecified atom stereocenters. The average Bonchev–Trinajstić information content (AvgIpc) is 2.79. The van der Waals surface area contributed by atoms with Crippen molar-refractivity contribution in [2.75, 3.05) is 21.2 Å². The number of amides is 1. The number of nitrogens with one attached hydrogen (secondary N) is 1. The lowest BCUT2D eigenvalue weighted by atomic mass is 9.83. The zero-order chi connectivity index (χ0) is 24.0. The Kier molecular flexibility index (Phi) is 10.3. The number of nitrogens with zero attached hydrogens (tertiary/aromatic N) is 2. The van der Waals surface area contributed by atoms with Crippen LogP contribution in [-0.2, 0) is 21.2 Å². The minimum absolute atomic E-state index is 0. The van der Waals surface area contributed by atoms with Gasteiger partial charge in [-0.2, -0.15) is 0 Å². The number of methoxy groups -OCH3 is 1. The Morgan fingerprint density at radius 2 is 1.68 bits per heavy atom. The molecule has 0 atom stereocenters. The van der Waals surface area contributed by atoms with Crippen LogP contribution < -0.4 is 10.2 Å². The Bertz CT molecular complexity index is 1040. The molecular weight excluding hydrogens is 478 g/mol. The normalized spacial score (nSPS) is 18.4. The van der Waals surface area contributed by atoms with Crippen molar-refractivity contribution >= 4 is 28.2 Å². The third-order valence-electron chi connectivity index (χ3n) is 6.23. The summed E-state index contributed by atoms with van der Waals surface area (Å²) in [4.78, 5) is 14.9. The van der Waals surface area contributed by atoms with Gasteiger partial charge in [-0.05, 0) is 81.6 Å². The van der Waals surface area contributed by atoms with Crippen LogP contribution in [0.4, 0.5) is 0 Å². The number of hydrogen-bond donors (Lipinski definition) is 2. The number of halogens is 1. The van der Waals surface area contributed by atoms with Crippen LogP contribution >= 0.6 is 12.4 Å². The molecule has 2 aromatic carbocycles. The van der Waals surface area contributed by atoms with Crippen LogP contribution in [0.25, 0.3) is 0 Å². The maximum atomic E-state index is 13.2. The standard InChI is InChI=1S/C24H33N3O5S.ClH/c1-26(2)20-10-8-18(9-11-20)16-24(28)25-27(29)17-19-6-4-5-7-23(19)33(30,31)22-14-12-21(32-3)13-15-22;/h4-7,12-15,18,20,29H,8-11,16-17H2,1-3H3,(H,25,28);1H/t18-,20-;. The molecule has 34 heavy (non-hydrogen) atoms. The molecule has 1 saturated carbocycles. The molecule has 0 aliphatic heterocycles. The monoisotopic (exact) mass is 511 g/mol. The van der Waals surface area contributed by atoms with E-state index in [0.717, 1.165) is 25.7 Å². The van der Waals surface area contributed by atoms with Gasteiger partial charge in [0.05, 0.1) is 23.4 Å². The Hall–Kier alpha value is -2.17. The van der Waals surface area contributed by atoms with E-state index in [1.54, 1.807) is 30.3 Å².